The number of hydrogen-bond donors (Lipinski definition) is 1. The van der Waals surface area contributed by atoms with Gasteiger partial charge in [-0.1, -0.05) is 23.2 Å². The van der Waals surface area contributed by atoms with Crippen molar-refractivity contribution in [2.24, 2.45) is 0 Å². The molecule has 0 saturated carbocycles. The van der Waals surface area contributed by atoms with Gasteiger partial charge >= 0.3 is 0 Å². The van der Waals surface area contributed by atoms with E-state index in [2.05, 4.69) is 10.3 Å². The predicted molar refractivity (Wildman–Crippen MR) is 63.9 cm³/mol. The smallest absolute Gasteiger partial charge is 0.214 e. The van der Waals surface area contributed by atoms with Gasteiger partial charge in [-0.3, -0.25) is 0 Å². The maximum absolute atomic E-state index is 12.8. The fraction of sp³-hybridized carbons (Fsp3) is 0. The number of nitrogens with zero attached hydrogens (tertiary/aromatic N) is 1. The lowest BCUT2D eigenvalue weighted by molar-refractivity contribution is 0.584. The summed E-state index contributed by atoms with van der Waals surface area (Å²) in [5.41, 5.74) is 1.19. The quantitative estimate of drug-likeness (QED) is 0.812. The third-order valence-corrected chi connectivity index (χ3v) is 2.50. The van der Waals surface area contributed by atoms with Crippen LogP contribution in [0, 0.1) is 5.95 Å². The molecule has 5 heteroatoms. The molecular formula is C11H7Cl2FN2. The Bertz CT molecular complexity index is 517. The second-order valence-corrected chi connectivity index (χ2v) is 3.96. The first-order valence-electron chi connectivity index (χ1n) is 4.49. The van der Waals surface area contributed by atoms with Gasteiger partial charge in [0.25, 0.3) is 0 Å². The maximum atomic E-state index is 12.8. The van der Waals surface area contributed by atoms with E-state index in [0.717, 1.165) is 0 Å². The summed E-state index contributed by atoms with van der Waals surface area (Å²) in [7, 11) is 0. The zero-order valence-corrected chi connectivity index (χ0v) is 9.56. The van der Waals surface area contributed by atoms with Gasteiger partial charge in [0, 0.05) is 23.0 Å². The van der Waals surface area contributed by atoms with Gasteiger partial charge in [-0.2, -0.15) is 4.39 Å². The number of hydrogen-bond acceptors (Lipinski definition) is 2. The molecule has 0 atom stereocenters. The molecule has 0 aliphatic carbocycles. The van der Waals surface area contributed by atoms with Crippen LogP contribution in [0.3, 0.4) is 0 Å². The molecule has 1 aromatic heterocycles. The Morgan fingerprint density at radius 1 is 1.12 bits per heavy atom. The molecular weight excluding hydrogens is 250 g/mol. The second kappa shape index (κ2) is 4.68. The molecule has 1 aromatic carbocycles. The van der Waals surface area contributed by atoms with Gasteiger partial charge in [0.05, 0.1) is 10.7 Å². The van der Waals surface area contributed by atoms with Gasteiger partial charge in [0.15, 0.2) is 0 Å². The monoisotopic (exact) mass is 256 g/mol. The number of aromatic nitrogens is 1. The van der Waals surface area contributed by atoms with Gasteiger partial charge in [-0.15, -0.1) is 0 Å². The fourth-order valence-electron chi connectivity index (χ4n) is 1.23. The van der Waals surface area contributed by atoms with Crippen molar-refractivity contribution >= 4 is 34.6 Å². The van der Waals surface area contributed by atoms with Gasteiger partial charge in [0.1, 0.15) is 0 Å². The van der Waals surface area contributed by atoms with Crippen molar-refractivity contribution in [1.82, 2.24) is 4.98 Å². The zero-order valence-electron chi connectivity index (χ0n) is 8.05. The van der Waals surface area contributed by atoms with E-state index in [9.17, 15) is 4.39 Å². The first-order valence-corrected chi connectivity index (χ1v) is 5.24. The lowest BCUT2D eigenvalue weighted by Gasteiger charge is -2.08. The molecule has 2 rings (SSSR count). The van der Waals surface area contributed by atoms with Gasteiger partial charge < -0.3 is 5.32 Å². The van der Waals surface area contributed by atoms with Crippen LogP contribution in [0.5, 0.6) is 0 Å². The normalized spacial score (nSPS) is 10.2. The van der Waals surface area contributed by atoms with Gasteiger partial charge in [0.2, 0.25) is 5.95 Å². The van der Waals surface area contributed by atoms with E-state index in [0.29, 0.717) is 21.4 Å². The van der Waals surface area contributed by atoms with E-state index >= 15 is 0 Å². The average molecular weight is 257 g/mol. The molecule has 0 radical (unpaired) electrons. The van der Waals surface area contributed by atoms with Crippen molar-refractivity contribution in [2.75, 3.05) is 5.32 Å². The van der Waals surface area contributed by atoms with E-state index < -0.39 is 5.95 Å². The highest BCUT2D eigenvalue weighted by molar-refractivity contribution is 6.35. The Balaban J connectivity index is 2.30. The molecule has 0 unspecified atom stereocenters. The zero-order chi connectivity index (χ0) is 11.5. The minimum Gasteiger partial charge on any atom is -0.354 e. The molecule has 0 amide bonds. The van der Waals surface area contributed by atoms with Crippen molar-refractivity contribution < 1.29 is 4.39 Å². The third kappa shape index (κ3) is 2.62. The Morgan fingerprint density at radius 2 is 1.94 bits per heavy atom. The van der Waals surface area contributed by atoms with Gasteiger partial charge in [-0.05, 0) is 24.3 Å². The Morgan fingerprint density at radius 3 is 2.69 bits per heavy atom. The summed E-state index contributed by atoms with van der Waals surface area (Å²) in [5.74, 6) is -0.553. The number of anilines is 2. The molecule has 16 heavy (non-hydrogen) atoms. The number of nitrogens with one attached hydrogen (secondary N) is 1. The standard InChI is InChI=1S/C11H7Cl2FN2/c12-7-1-2-9(13)10(5-7)16-8-3-4-15-11(14)6-8/h1-6H,(H,15,16). The molecule has 0 spiro atoms. The first-order chi connectivity index (χ1) is 7.65. The summed E-state index contributed by atoms with van der Waals surface area (Å²) < 4.78 is 12.8. The van der Waals surface area contributed by atoms with Crippen LogP contribution in [0.15, 0.2) is 36.5 Å². The van der Waals surface area contributed by atoms with Crippen LogP contribution in [0.1, 0.15) is 0 Å². The summed E-state index contributed by atoms with van der Waals surface area (Å²) in [5, 5.41) is 4.03. The maximum Gasteiger partial charge on any atom is 0.214 e. The van der Waals surface area contributed by atoms with Crippen LogP contribution < -0.4 is 5.32 Å². The second-order valence-electron chi connectivity index (χ2n) is 3.12. The summed E-state index contributed by atoms with van der Waals surface area (Å²) in [6.45, 7) is 0. The van der Waals surface area contributed by atoms with Crippen molar-refractivity contribution in [3.8, 4) is 0 Å². The fourth-order valence-corrected chi connectivity index (χ4v) is 1.57. The van der Waals surface area contributed by atoms with Crippen LogP contribution in [0.2, 0.25) is 10.0 Å². The van der Waals surface area contributed by atoms with Crippen molar-refractivity contribution in [3.63, 3.8) is 0 Å². The van der Waals surface area contributed by atoms with E-state index in [4.69, 9.17) is 23.2 Å². The number of rotatable bonds is 2. The van der Waals surface area contributed by atoms with Crippen molar-refractivity contribution in [2.45, 2.75) is 0 Å². The summed E-state index contributed by atoms with van der Waals surface area (Å²) in [6.07, 6.45) is 1.37. The van der Waals surface area contributed by atoms with Crippen LogP contribution in [0.25, 0.3) is 0 Å². The van der Waals surface area contributed by atoms with Crippen LogP contribution in [0.4, 0.5) is 15.8 Å². The van der Waals surface area contributed by atoms with Crippen molar-refractivity contribution in [1.29, 1.82) is 0 Å². The molecule has 0 aliphatic heterocycles. The molecule has 0 bridgehead atoms. The summed E-state index contributed by atoms with van der Waals surface area (Å²) >= 11 is 11.8. The molecule has 0 saturated heterocycles. The average Bonchev–Trinajstić information content (AvgIpc) is 2.24. The minimum atomic E-state index is -0.553. The highest BCUT2D eigenvalue weighted by atomic mass is 35.5. The largest absolute Gasteiger partial charge is 0.354 e. The van der Waals surface area contributed by atoms with E-state index in [-0.39, 0.29) is 0 Å². The molecule has 82 valence electrons. The number of pyridine rings is 1. The molecule has 0 aliphatic rings. The molecule has 1 heterocycles. The predicted octanol–water partition coefficient (Wildman–Crippen LogP) is 4.27. The third-order valence-electron chi connectivity index (χ3n) is 1.93. The van der Waals surface area contributed by atoms with Crippen LogP contribution in [-0.2, 0) is 0 Å². The Kier molecular flexibility index (Phi) is 3.27. The number of halogens is 3. The highest BCUT2D eigenvalue weighted by Gasteiger charge is 2.02. The van der Waals surface area contributed by atoms with Gasteiger partial charge in [-0.25, -0.2) is 4.98 Å². The Labute approximate surface area is 102 Å². The highest BCUT2D eigenvalue weighted by Crippen LogP contribution is 2.28. The SMILES string of the molecule is Fc1cc(Nc2cc(Cl)ccc2Cl)ccn1. The molecule has 2 aromatic rings. The van der Waals surface area contributed by atoms with E-state index in [1.54, 1.807) is 24.3 Å². The van der Waals surface area contributed by atoms with Crippen molar-refractivity contribution in [3.05, 3.63) is 52.5 Å². The molecule has 0 fully saturated rings. The van der Waals surface area contributed by atoms with E-state index in [1.807, 2.05) is 0 Å². The molecule has 1 N–H and O–H groups in total. The van der Waals surface area contributed by atoms with E-state index in [1.165, 1.54) is 12.3 Å². The Hall–Kier alpha value is -1.32. The lowest BCUT2D eigenvalue weighted by atomic mass is 10.3. The topological polar surface area (TPSA) is 24.9 Å². The van der Waals surface area contributed by atoms with Crippen LogP contribution >= 0.6 is 23.2 Å². The van der Waals surface area contributed by atoms with Crippen LogP contribution in [-0.4, -0.2) is 4.98 Å². The number of benzene rings is 1. The first kappa shape index (κ1) is 11.2. The summed E-state index contributed by atoms with van der Waals surface area (Å²) in [6, 6.07) is 7.94. The summed E-state index contributed by atoms with van der Waals surface area (Å²) in [4.78, 5) is 3.46. The molecule has 2 nitrogen and oxygen atoms in total. The minimum absolute atomic E-state index is 0.515. The lowest BCUT2D eigenvalue weighted by Crippen LogP contribution is -1.93.